The summed E-state index contributed by atoms with van der Waals surface area (Å²) in [6.07, 6.45) is 5.86. The molecule has 0 radical (unpaired) electrons. The first-order chi connectivity index (χ1) is 14.8. The van der Waals surface area contributed by atoms with Crippen molar-refractivity contribution >= 4 is 0 Å². The highest BCUT2D eigenvalue weighted by molar-refractivity contribution is 5.67. The van der Waals surface area contributed by atoms with Gasteiger partial charge in [-0.2, -0.15) is 0 Å². The van der Waals surface area contributed by atoms with Crippen LogP contribution in [-0.4, -0.2) is 6.36 Å². The van der Waals surface area contributed by atoms with E-state index in [9.17, 15) is 13.2 Å². The van der Waals surface area contributed by atoms with E-state index in [0.717, 1.165) is 42.2 Å². The van der Waals surface area contributed by atoms with Gasteiger partial charge in [-0.05, 0) is 78.7 Å². The van der Waals surface area contributed by atoms with E-state index in [1.165, 1.54) is 62.8 Å². The quantitative estimate of drug-likeness (QED) is 0.432. The van der Waals surface area contributed by atoms with E-state index < -0.39 is 6.36 Å². The Labute approximate surface area is 181 Å². The van der Waals surface area contributed by atoms with Crippen molar-refractivity contribution in [2.45, 2.75) is 71.1 Å². The minimum Gasteiger partial charge on any atom is -0.406 e. The second-order valence-electron chi connectivity index (χ2n) is 9.21. The van der Waals surface area contributed by atoms with Crippen LogP contribution in [0.1, 0.15) is 63.0 Å². The number of ether oxygens (including phenoxy) is 1. The lowest BCUT2D eigenvalue weighted by Gasteiger charge is -2.36. The number of hydrogen-bond donors (Lipinski definition) is 0. The molecule has 2 aromatic rings. The van der Waals surface area contributed by atoms with Crippen LogP contribution in [0.2, 0.25) is 0 Å². The third-order valence-electron chi connectivity index (χ3n) is 7.24. The molecule has 2 aliphatic rings. The fraction of sp³-hybridized carbons (Fsp3) is 0.538. The predicted octanol–water partition coefficient (Wildman–Crippen LogP) is 8.10. The lowest BCUT2D eigenvalue weighted by molar-refractivity contribution is -0.274. The number of hydrogen-bond acceptors (Lipinski definition) is 1. The average Bonchev–Trinajstić information content (AvgIpc) is 2.74. The van der Waals surface area contributed by atoms with Crippen LogP contribution in [0.25, 0.3) is 11.1 Å². The molecular weight excluding hydrogens is 404 g/mol. The third-order valence-corrected chi connectivity index (χ3v) is 7.24. The zero-order chi connectivity index (χ0) is 22.0. The SMILES string of the molecule is CCCC1CCC(C2CCc3c(ccc(-c4ccc(OC(F)(F)F)cc4)c3F)C2)CC1. The smallest absolute Gasteiger partial charge is 0.406 e. The van der Waals surface area contributed by atoms with Crippen molar-refractivity contribution in [2.75, 3.05) is 0 Å². The molecule has 2 aromatic carbocycles. The first-order valence-electron chi connectivity index (χ1n) is 11.5. The lowest BCUT2D eigenvalue weighted by Crippen LogP contribution is -2.27. The van der Waals surface area contributed by atoms with E-state index in [4.69, 9.17) is 0 Å². The number of alkyl halides is 3. The van der Waals surface area contributed by atoms with E-state index in [1.54, 1.807) is 6.07 Å². The van der Waals surface area contributed by atoms with Gasteiger partial charge in [-0.25, -0.2) is 4.39 Å². The molecule has 0 bridgehead atoms. The van der Waals surface area contributed by atoms with Crippen LogP contribution in [-0.2, 0) is 12.8 Å². The Morgan fingerprint density at radius 1 is 0.903 bits per heavy atom. The summed E-state index contributed by atoms with van der Waals surface area (Å²) in [5, 5.41) is 0. The zero-order valence-corrected chi connectivity index (χ0v) is 18.0. The van der Waals surface area contributed by atoms with Crippen LogP contribution in [0, 0.1) is 23.6 Å². The fourth-order valence-corrected chi connectivity index (χ4v) is 5.66. The molecule has 31 heavy (non-hydrogen) atoms. The first-order valence-corrected chi connectivity index (χ1v) is 11.5. The van der Waals surface area contributed by atoms with Crippen molar-refractivity contribution in [2.24, 2.45) is 17.8 Å². The van der Waals surface area contributed by atoms with Gasteiger partial charge in [-0.15, -0.1) is 13.2 Å². The molecule has 5 heteroatoms. The van der Waals surface area contributed by atoms with Gasteiger partial charge < -0.3 is 4.74 Å². The van der Waals surface area contributed by atoms with Crippen molar-refractivity contribution in [3.63, 3.8) is 0 Å². The maximum absolute atomic E-state index is 15.3. The topological polar surface area (TPSA) is 9.23 Å². The standard InChI is InChI=1S/C26H30F4O/c1-2-3-17-4-6-18(7-5-17)20-10-14-24-21(16-20)11-15-23(25(24)27)19-8-12-22(13-9-19)31-26(28,29)30/h8-9,11-13,15,17-18,20H,2-7,10,14,16H2,1H3. The van der Waals surface area contributed by atoms with Gasteiger partial charge in [0.25, 0.3) is 0 Å². The van der Waals surface area contributed by atoms with Crippen LogP contribution in [0.5, 0.6) is 5.75 Å². The molecule has 1 saturated carbocycles. The molecule has 0 aliphatic heterocycles. The highest BCUT2D eigenvalue weighted by atomic mass is 19.4. The van der Waals surface area contributed by atoms with Gasteiger partial charge in [-0.1, -0.05) is 56.9 Å². The normalized spacial score (nSPS) is 24.0. The summed E-state index contributed by atoms with van der Waals surface area (Å²) in [4.78, 5) is 0. The van der Waals surface area contributed by atoms with Gasteiger partial charge in [0.1, 0.15) is 11.6 Å². The summed E-state index contributed by atoms with van der Waals surface area (Å²) in [7, 11) is 0. The van der Waals surface area contributed by atoms with E-state index >= 15 is 4.39 Å². The molecule has 0 saturated heterocycles. The summed E-state index contributed by atoms with van der Waals surface area (Å²) >= 11 is 0. The highest BCUT2D eigenvalue weighted by Crippen LogP contribution is 2.42. The van der Waals surface area contributed by atoms with Crippen LogP contribution in [0.3, 0.4) is 0 Å². The summed E-state index contributed by atoms with van der Waals surface area (Å²) in [5.41, 5.74) is 2.89. The Balaban J connectivity index is 1.45. The molecule has 0 amide bonds. The summed E-state index contributed by atoms with van der Waals surface area (Å²) < 4.78 is 56.3. The number of benzene rings is 2. The Morgan fingerprint density at radius 3 is 2.26 bits per heavy atom. The Hall–Kier alpha value is -2.04. The molecule has 0 aromatic heterocycles. The molecule has 168 valence electrons. The number of halogens is 4. The van der Waals surface area contributed by atoms with Crippen LogP contribution < -0.4 is 4.74 Å². The lowest BCUT2D eigenvalue weighted by atomic mass is 9.69. The summed E-state index contributed by atoms with van der Waals surface area (Å²) in [5.74, 6) is 1.76. The zero-order valence-electron chi connectivity index (χ0n) is 18.0. The van der Waals surface area contributed by atoms with Gasteiger partial charge in [0, 0.05) is 5.56 Å². The second-order valence-corrected chi connectivity index (χ2v) is 9.21. The van der Waals surface area contributed by atoms with Crippen LogP contribution >= 0.6 is 0 Å². The van der Waals surface area contributed by atoms with Crippen LogP contribution in [0.4, 0.5) is 17.6 Å². The molecular formula is C26H30F4O. The average molecular weight is 435 g/mol. The molecule has 1 fully saturated rings. The van der Waals surface area contributed by atoms with Gasteiger partial charge in [0.05, 0.1) is 0 Å². The number of fused-ring (bicyclic) bond motifs is 1. The third kappa shape index (κ3) is 5.24. The van der Waals surface area contributed by atoms with Crippen molar-refractivity contribution in [3.8, 4) is 16.9 Å². The molecule has 1 nitrogen and oxygen atoms in total. The van der Waals surface area contributed by atoms with Gasteiger partial charge in [-0.3, -0.25) is 0 Å². The van der Waals surface area contributed by atoms with Crippen molar-refractivity contribution in [3.05, 3.63) is 53.3 Å². The Bertz CT molecular complexity index is 880. The van der Waals surface area contributed by atoms with E-state index in [1.807, 2.05) is 6.07 Å². The van der Waals surface area contributed by atoms with E-state index in [-0.39, 0.29) is 11.6 Å². The maximum Gasteiger partial charge on any atom is 0.573 e. The minimum absolute atomic E-state index is 0.230. The van der Waals surface area contributed by atoms with Crippen molar-refractivity contribution < 1.29 is 22.3 Å². The molecule has 0 spiro atoms. The van der Waals surface area contributed by atoms with Crippen molar-refractivity contribution in [1.82, 2.24) is 0 Å². The Kier molecular flexibility index (Phi) is 6.59. The monoisotopic (exact) mass is 434 g/mol. The van der Waals surface area contributed by atoms with Gasteiger partial charge in [0.15, 0.2) is 0 Å². The Morgan fingerprint density at radius 2 is 1.61 bits per heavy atom. The second kappa shape index (κ2) is 9.22. The van der Waals surface area contributed by atoms with E-state index in [2.05, 4.69) is 11.7 Å². The van der Waals surface area contributed by atoms with Crippen molar-refractivity contribution in [1.29, 1.82) is 0 Å². The maximum atomic E-state index is 15.3. The van der Waals surface area contributed by atoms with Gasteiger partial charge in [0.2, 0.25) is 0 Å². The molecule has 0 N–H and O–H groups in total. The summed E-state index contributed by atoms with van der Waals surface area (Å²) in [6.45, 7) is 2.26. The van der Waals surface area contributed by atoms with E-state index in [0.29, 0.717) is 17.0 Å². The highest BCUT2D eigenvalue weighted by Gasteiger charge is 2.32. The largest absolute Gasteiger partial charge is 0.573 e. The minimum atomic E-state index is -4.73. The van der Waals surface area contributed by atoms with Gasteiger partial charge >= 0.3 is 6.36 Å². The molecule has 2 aliphatic carbocycles. The predicted molar refractivity (Wildman–Crippen MR) is 114 cm³/mol. The molecule has 0 heterocycles. The first kappa shape index (κ1) is 22.2. The fourth-order valence-electron chi connectivity index (χ4n) is 5.66. The molecule has 1 atom stereocenters. The summed E-state index contributed by atoms with van der Waals surface area (Å²) in [6, 6.07) is 9.20. The molecule has 1 unspecified atom stereocenters. The number of rotatable bonds is 5. The van der Waals surface area contributed by atoms with Crippen LogP contribution in [0.15, 0.2) is 36.4 Å². The molecule has 4 rings (SSSR count).